The van der Waals surface area contributed by atoms with Gasteiger partial charge in [-0.2, -0.15) is 0 Å². The predicted octanol–water partition coefficient (Wildman–Crippen LogP) is 4.77. The molecule has 1 aliphatic rings. The van der Waals surface area contributed by atoms with E-state index >= 15 is 0 Å². The van der Waals surface area contributed by atoms with Gasteiger partial charge in [0, 0.05) is 17.9 Å². The van der Waals surface area contributed by atoms with Crippen LogP contribution in [0.5, 0.6) is 0 Å². The molecule has 88 valence electrons. The van der Waals surface area contributed by atoms with Crippen molar-refractivity contribution >= 4 is 11.6 Å². The second-order valence-corrected chi connectivity index (χ2v) is 4.70. The molecule has 1 aromatic carbocycles. The lowest BCUT2D eigenvalue weighted by molar-refractivity contribution is -0.0382. The third-order valence-electron chi connectivity index (χ3n) is 3.12. The molecule has 2 rings (SSSR count). The zero-order valence-electron chi connectivity index (χ0n) is 8.65. The van der Waals surface area contributed by atoms with Gasteiger partial charge in [-0.25, -0.2) is 13.2 Å². The minimum Gasteiger partial charge on any atom is -0.207 e. The highest BCUT2D eigenvalue weighted by Crippen LogP contribution is 2.42. The molecule has 0 radical (unpaired) electrons. The van der Waals surface area contributed by atoms with Gasteiger partial charge in [0.1, 0.15) is 5.82 Å². The van der Waals surface area contributed by atoms with Crippen LogP contribution in [0.2, 0.25) is 5.02 Å². The third-order valence-corrected chi connectivity index (χ3v) is 3.45. The summed E-state index contributed by atoms with van der Waals surface area (Å²) in [7, 11) is 0. The molecule has 0 N–H and O–H groups in total. The zero-order valence-corrected chi connectivity index (χ0v) is 9.41. The molecular weight excluding hydrogens is 237 g/mol. The Bertz CT molecular complexity index is 380. The SMILES string of the molecule is Fc1ccc(C2CCC(F)(F)CC2)c(Cl)c1. The standard InChI is InChI=1S/C12H12ClF3/c13-11-7-9(14)1-2-10(11)8-3-5-12(15,16)6-4-8/h1-2,7-8H,3-6H2. The third kappa shape index (κ3) is 2.51. The van der Waals surface area contributed by atoms with Gasteiger partial charge in [0.2, 0.25) is 5.92 Å². The smallest absolute Gasteiger partial charge is 0.207 e. The van der Waals surface area contributed by atoms with Crippen molar-refractivity contribution in [2.24, 2.45) is 0 Å². The van der Waals surface area contributed by atoms with E-state index in [0.29, 0.717) is 17.9 Å². The minimum absolute atomic E-state index is 0.0349. The summed E-state index contributed by atoms with van der Waals surface area (Å²) < 4.78 is 38.8. The van der Waals surface area contributed by atoms with Crippen molar-refractivity contribution in [2.45, 2.75) is 37.5 Å². The van der Waals surface area contributed by atoms with E-state index in [1.54, 1.807) is 6.07 Å². The first-order chi connectivity index (χ1) is 7.48. The van der Waals surface area contributed by atoms with Crippen LogP contribution in [-0.4, -0.2) is 5.92 Å². The number of hydrogen-bond donors (Lipinski definition) is 0. The molecule has 1 fully saturated rings. The first-order valence-electron chi connectivity index (χ1n) is 5.31. The highest BCUT2D eigenvalue weighted by molar-refractivity contribution is 6.31. The monoisotopic (exact) mass is 248 g/mol. The highest BCUT2D eigenvalue weighted by Gasteiger charge is 2.35. The van der Waals surface area contributed by atoms with E-state index in [1.807, 2.05) is 0 Å². The molecule has 0 atom stereocenters. The maximum atomic E-state index is 13.0. The average molecular weight is 249 g/mol. The van der Waals surface area contributed by atoms with Gasteiger partial charge < -0.3 is 0 Å². The molecule has 0 saturated heterocycles. The number of hydrogen-bond acceptors (Lipinski definition) is 0. The van der Waals surface area contributed by atoms with Gasteiger partial charge in [-0.3, -0.25) is 0 Å². The Morgan fingerprint density at radius 1 is 1.19 bits per heavy atom. The first-order valence-corrected chi connectivity index (χ1v) is 5.68. The van der Waals surface area contributed by atoms with Crippen LogP contribution in [0.15, 0.2) is 18.2 Å². The van der Waals surface area contributed by atoms with Crippen LogP contribution in [0, 0.1) is 5.82 Å². The van der Waals surface area contributed by atoms with Crippen molar-refractivity contribution in [3.8, 4) is 0 Å². The summed E-state index contributed by atoms with van der Waals surface area (Å²) in [4.78, 5) is 0. The number of alkyl halides is 2. The Morgan fingerprint density at radius 3 is 2.38 bits per heavy atom. The van der Waals surface area contributed by atoms with E-state index in [0.717, 1.165) is 5.56 Å². The second-order valence-electron chi connectivity index (χ2n) is 4.30. The van der Waals surface area contributed by atoms with Crippen LogP contribution in [0.4, 0.5) is 13.2 Å². The molecule has 0 aliphatic heterocycles. The highest BCUT2D eigenvalue weighted by atomic mass is 35.5. The Kier molecular flexibility index (Phi) is 3.15. The van der Waals surface area contributed by atoms with Gasteiger partial charge in [0.05, 0.1) is 0 Å². The Morgan fingerprint density at radius 2 is 1.81 bits per heavy atom. The van der Waals surface area contributed by atoms with Crippen molar-refractivity contribution in [1.82, 2.24) is 0 Å². The van der Waals surface area contributed by atoms with E-state index in [1.165, 1.54) is 12.1 Å². The Balaban J connectivity index is 2.14. The maximum absolute atomic E-state index is 13.0. The topological polar surface area (TPSA) is 0 Å². The van der Waals surface area contributed by atoms with Crippen LogP contribution in [0.3, 0.4) is 0 Å². The summed E-state index contributed by atoms with van der Waals surface area (Å²) in [5, 5.41) is 0.343. The summed E-state index contributed by atoms with van der Waals surface area (Å²) in [6.07, 6.45) is 0.619. The predicted molar refractivity (Wildman–Crippen MR) is 57.6 cm³/mol. The summed E-state index contributed by atoms with van der Waals surface area (Å²) >= 11 is 5.91. The zero-order chi connectivity index (χ0) is 11.8. The van der Waals surface area contributed by atoms with Gasteiger partial charge >= 0.3 is 0 Å². The number of benzene rings is 1. The lowest BCUT2D eigenvalue weighted by atomic mass is 9.82. The van der Waals surface area contributed by atoms with Gasteiger partial charge in [-0.05, 0) is 36.5 Å². The largest absolute Gasteiger partial charge is 0.248 e. The van der Waals surface area contributed by atoms with Crippen LogP contribution >= 0.6 is 11.6 Å². The molecule has 0 amide bonds. The van der Waals surface area contributed by atoms with Crippen molar-refractivity contribution in [2.75, 3.05) is 0 Å². The normalized spacial score (nSPS) is 21.0. The van der Waals surface area contributed by atoms with Gasteiger partial charge in [0.15, 0.2) is 0 Å². The Hall–Kier alpha value is -0.700. The van der Waals surface area contributed by atoms with E-state index in [-0.39, 0.29) is 18.8 Å². The van der Waals surface area contributed by atoms with Gasteiger partial charge in [0.25, 0.3) is 0 Å². The van der Waals surface area contributed by atoms with Crippen molar-refractivity contribution in [3.05, 3.63) is 34.6 Å². The number of halogens is 4. The quantitative estimate of drug-likeness (QED) is 0.671. The van der Waals surface area contributed by atoms with Crippen LogP contribution < -0.4 is 0 Å². The second kappa shape index (κ2) is 4.28. The Labute approximate surface area is 97.4 Å². The molecule has 0 heterocycles. The molecule has 0 aromatic heterocycles. The van der Waals surface area contributed by atoms with Crippen LogP contribution in [0.25, 0.3) is 0 Å². The van der Waals surface area contributed by atoms with Gasteiger partial charge in [-0.1, -0.05) is 17.7 Å². The van der Waals surface area contributed by atoms with Crippen LogP contribution in [-0.2, 0) is 0 Å². The summed E-state index contributed by atoms with van der Waals surface area (Å²) in [6, 6.07) is 4.17. The molecule has 4 heteroatoms. The number of rotatable bonds is 1. The molecule has 1 aromatic rings. The van der Waals surface area contributed by atoms with Crippen molar-refractivity contribution < 1.29 is 13.2 Å². The molecule has 0 unspecified atom stereocenters. The molecule has 0 nitrogen and oxygen atoms in total. The van der Waals surface area contributed by atoms with E-state index in [9.17, 15) is 13.2 Å². The molecule has 1 saturated carbocycles. The molecule has 0 bridgehead atoms. The van der Waals surface area contributed by atoms with E-state index in [2.05, 4.69) is 0 Å². The molecule has 16 heavy (non-hydrogen) atoms. The lowest BCUT2D eigenvalue weighted by Crippen LogP contribution is -2.23. The van der Waals surface area contributed by atoms with E-state index in [4.69, 9.17) is 11.6 Å². The summed E-state index contributed by atoms with van der Waals surface area (Å²) in [6.45, 7) is 0. The average Bonchev–Trinajstić information content (AvgIpc) is 2.19. The summed E-state index contributed by atoms with van der Waals surface area (Å²) in [5.74, 6) is -2.90. The fourth-order valence-corrected chi connectivity index (χ4v) is 2.51. The van der Waals surface area contributed by atoms with Crippen LogP contribution in [0.1, 0.15) is 37.2 Å². The maximum Gasteiger partial charge on any atom is 0.248 e. The first kappa shape index (κ1) is 11.8. The fourth-order valence-electron chi connectivity index (χ4n) is 2.18. The summed E-state index contributed by atoms with van der Waals surface area (Å²) in [5.41, 5.74) is 0.790. The lowest BCUT2D eigenvalue weighted by Gasteiger charge is -2.28. The van der Waals surface area contributed by atoms with Gasteiger partial charge in [-0.15, -0.1) is 0 Å². The minimum atomic E-state index is -2.54. The molecular formula is C12H12ClF3. The molecule has 0 spiro atoms. The molecule has 1 aliphatic carbocycles. The van der Waals surface area contributed by atoms with E-state index < -0.39 is 11.7 Å². The van der Waals surface area contributed by atoms with Crippen molar-refractivity contribution in [1.29, 1.82) is 0 Å². The van der Waals surface area contributed by atoms with Crippen molar-refractivity contribution in [3.63, 3.8) is 0 Å². The fraction of sp³-hybridized carbons (Fsp3) is 0.500.